The highest BCUT2D eigenvalue weighted by Crippen LogP contribution is 2.22. The average molecular weight is 479 g/mol. The summed E-state index contributed by atoms with van der Waals surface area (Å²) in [6.45, 7) is -0.339. The summed E-state index contributed by atoms with van der Waals surface area (Å²) in [7, 11) is 0. The molecule has 14 nitrogen and oxygen atoms in total. The Hall–Kier alpha value is -3.78. The largest absolute Gasteiger partial charge is 0.394 e. The molecule has 9 N–H and O–H groups in total. The Morgan fingerprint density at radius 2 is 1.82 bits per heavy atom. The molecule has 0 fully saturated rings. The van der Waals surface area contributed by atoms with Crippen LogP contribution in [0.25, 0.3) is 0 Å². The van der Waals surface area contributed by atoms with Crippen LogP contribution in [0.15, 0.2) is 18.2 Å². The van der Waals surface area contributed by atoms with Gasteiger partial charge in [0.2, 0.25) is 17.7 Å². The van der Waals surface area contributed by atoms with Crippen LogP contribution in [-0.2, 0) is 14.4 Å². The quantitative estimate of drug-likeness (QED) is 0.131. The summed E-state index contributed by atoms with van der Waals surface area (Å²) in [5.74, 6) is -3.15. The number of hydrogen-bond donors (Lipinski definition) is 7. The number of unbranched alkanes of at least 4 members (excludes halogenated alkanes) is 1. The molecule has 14 heteroatoms. The molecule has 1 aromatic rings. The van der Waals surface area contributed by atoms with Crippen LogP contribution >= 0.6 is 0 Å². The molecule has 34 heavy (non-hydrogen) atoms. The molecule has 0 bridgehead atoms. The zero-order valence-electron chi connectivity index (χ0n) is 18.4. The van der Waals surface area contributed by atoms with Gasteiger partial charge in [-0.3, -0.25) is 29.3 Å². The van der Waals surface area contributed by atoms with Crippen LogP contribution in [0.5, 0.6) is 0 Å². The first-order chi connectivity index (χ1) is 16.2. The summed E-state index contributed by atoms with van der Waals surface area (Å²) in [4.78, 5) is 60.8. The lowest BCUT2D eigenvalue weighted by Gasteiger charge is -2.25. The van der Waals surface area contributed by atoms with Gasteiger partial charge in [0, 0.05) is 24.4 Å². The van der Waals surface area contributed by atoms with Crippen molar-refractivity contribution in [2.45, 2.75) is 43.8 Å². The van der Waals surface area contributed by atoms with Crippen LogP contribution in [0.2, 0.25) is 0 Å². The van der Waals surface area contributed by atoms with Crippen molar-refractivity contribution >= 4 is 35.0 Å². The van der Waals surface area contributed by atoms with Gasteiger partial charge in [0.15, 0.2) is 0 Å². The van der Waals surface area contributed by atoms with E-state index in [0.29, 0.717) is 19.4 Å². The Kier molecular flexibility index (Phi) is 9.70. The fourth-order valence-corrected chi connectivity index (χ4v) is 3.36. The monoisotopic (exact) mass is 479 g/mol. The average Bonchev–Trinajstić information content (AvgIpc) is 2.80. The highest BCUT2D eigenvalue weighted by atomic mass is 16.6. The summed E-state index contributed by atoms with van der Waals surface area (Å²) in [6.07, 6.45) is 1.31. The van der Waals surface area contributed by atoms with Gasteiger partial charge in [-0.2, -0.15) is 0 Å². The number of carbonyl (C=O) groups is 4. The molecule has 0 aliphatic carbocycles. The number of nitrogens with zero attached hydrogens (tertiary/aromatic N) is 1. The summed E-state index contributed by atoms with van der Waals surface area (Å²) >= 11 is 0. The summed E-state index contributed by atoms with van der Waals surface area (Å²) in [6, 6.07) is -0.0919. The van der Waals surface area contributed by atoms with Gasteiger partial charge in [-0.15, -0.1) is 0 Å². The summed E-state index contributed by atoms with van der Waals surface area (Å²) < 4.78 is 0. The lowest BCUT2D eigenvalue weighted by molar-refractivity contribution is -0.384. The second-order valence-corrected chi connectivity index (χ2v) is 7.72. The van der Waals surface area contributed by atoms with E-state index in [1.165, 1.54) is 12.1 Å². The topological polar surface area (TPSA) is 232 Å². The number of primary amides is 1. The Morgan fingerprint density at radius 3 is 2.44 bits per heavy atom. The van der Waals surface area contributed by atoms with E-state index in [2.05, 4.69) is 21.3 Å². The third kappa shape index (κ3) is 7.11. The number of nitrogens with two attached hydrogens (primary N) is 2. The Balaban J connectivity index is 2.42. The number of aliphatic hydroxyl groups excluding tert-OH is 1. The number of nitro benzene ring substituents is 1. The molecular weight excluding hydrogens is 450 g/mol. The zero-order valence-corrected chi connectivity index (χ0v) is 18.4. The summed E-state index contributed by atoms with van der Waals surface area (Å²) in [5, 5.41) is 31.1. The number of hydrogen-bond acceptors (Lipinski definition) is 9. The fraction of sp³-hybridized carbons (Fsp3) is 0.500. The number of nitro groups is 1. The molecule has 1 aliphatic rings. The number of nitrogens with one attached hydrogen (secondary N) is 4. The number of fused-ring (bicyclic) bond motifs is 1. The van der Waals surface area contributed by atoms with E-state index in [-0.39, 0.29) is 36.3 Å². The Bertz CT molecular complexity index is 940. The first kappa shape index (κ1) is 26.5. The SMILES string of the molecule is NCCCCC1NC(=O)C(CO)NC(=O)c2cc([N+](=O)[O-])ccc2NCCC(C(N)=O)NC1=O. The molecule has 186 valence electrons. The van der Waals surface area contributed by atoms with Crippen molar-refractivity contribution in [1.29, 1.82) is 0 Å². The molecule has 4 amide bonds. The van der Waals surface area contributed by atoms with Crippen molar-refractivity contribution in [2.75, 3.05) is 25.0 Å². The minimum atomic E-state index is -1.45. The molecule has 3 atom stereocenters. The highest BCUT2D eigenvalue weighted by molar-refractivity contribution is 6.03. The molecule has 0 aromatic heterocycles. The van der Waals surface area contributed by atoms with Gasteiger partial charge >= 0.3 is 0 Å². The lowest BCUT2D eigenvalue weighted by atomic mass is 10.1. The zero-order chi connectivity index (χ0) is 25.3. The van der Waals surface area contributed by atoms with Crippen LogP contribution in [0.4, 0.5) is 11.4 Å². The van der Waals surface area contributed by atoms with Crippen molar-refractivity contribution in [2.24, 2.45) is 11.5 Å². The van der Waals surface area contributed by atoms with Crippen LogP contribution < -0.4 is 32.7 Å². The number of carbonyl (C=O) groups excluding carboxylic acids is 4. The Labute approximate surface area is 195 Å². The van der Waals surface area contributed by atoms with Crippen molar-refractivity contribution < 1.29 is 29.2 Å². The molecular formula is C20H29N7O7. The molecule has 1 heterocycles. The standard InChI is InChI=1S/C20H29N7O7/c21-7-2-1-3-15-19(31)24-14(17(22)29)6-8-23-13-5-4-11(27(33)34)9-12(13)18(30)26-16(10-28)20(32)25-15/h4-5,9,14-16,23,28H,1-3,6-8,10,21H2,(H2,22,29)(H,24,31)(H,25,32)(H,26,30). The number of non-ortho nitro benzene ring substituents is 1. The smallest absolute Gasteiger partial charge is 0.270 e. The van der Waals surface area contributed by atoms with E-state index in [4.69, 9.17) is 11.5 Å². The normalized spacial score (nSPS) is 21.7. The van der Waals surface area contributed by atoms with E-state index >= 15 is 0 Å². The molecule has 1 aromatic carbocycles. The van der Waals surface area contributed by atoms with E-state index in [1.807, 2.05) is 0 Å². The number of anilines is 1. The van der Waals surface area contributed by atoms with Gasteiger partial charge < -0.3 is 37.8 Å². The number of rotatable bonds is 7. The second kappa shape index (κ2) is 12.5. The predicted molar refractivity (Wildman–Crippen MR) is 121 cm³/mol. The van der Waals surface area contributed by atoms with Crippen LogP contribution in [0.3, 0.4) is 0 Å². The van der Waals surface area contributed by atoms with Gasteiger partial charge in [0.1, 0.15) is 18.1 Å². The lowest BCUT2D eigenvalue weighted by Crippen LogP contribution is -2.57. The van der Waals surface area contributed by atoms with Crippen LogP contribution in [-0.4, -0.2) is 71.5 Å². The maximum atomic E-state index is 12.9. The molecule has 3 unspecified atom stereocenters. The molecule has 2 rings (SSSR count). The first-order valence-corrected chi connectivity index (χ1v) is 10.7. The van der Waals surface area contributed by atoms with Gasteiger partial charge in [0.05, 0.1) is 17.1 Å². The minimum absolute atomic E-state index is 0.0435. The molecule has 1 aliphatic heterocycles. The van der Waals surface area contributed by atoms with Crippen LogP contribution in [0.1, 0.15) is 36.0 Å². The van der Waals surface area contributed by atoms with E-state index in [9.17, 15) is 34.4 Å². The van der Waals surface area contributed by atoms with E-state index in [1.54, 1.807) is 0 Å². The minimum Gasteiger partial charge on any atom is -0.394 e. The fourth-order valence-electron chi connectivity index (χ4n) is 3.36. The number of benzene rings is 1. The van der Waals surface area contributed by atoms with E-state index < -0.39 is 53.3 Å². The van der Waals surface area contributed by atoms with Crippen LogP contribution in [0, 0.1) is 10.1 Å². The van der Waals surface area contributed by atoms with Gasteiger partial charge in [-0.05, 0) is 38.3 Å². The number of amides is 4. The molecule has 0 spiro atoms. The third-order valence-corrected chi connectivity index (χ3v) is 5.25. The second-order valence-electron chi connectivity index (χ2n) is 7.72. The maximum absolute atomic E-state index is 12.9. The van der Waals surface area contributed by atoms with Crippen molar-refractivity contribution in [1.82, 2.24) is 16.0 Å². The molecule has 0 saturated heterocycles. The van der Waals surface area contributed by atoms with Crippen molar-refractivity contribution in [3.05, 3.63) is 33.9 Å². The van der Waals surface area contributed by atoms with Crippen molar-refractivity contribution in [3.63, 3.8) is 0 Å². The Morgan fingerprint density at radius 1 is 1.12 bits per heavy atom. The van der Waals surface area contributed by atoms with Gasteiger partial charge in [0.25, 0.3) is 11.6 Å². The first-order valence-electron chi connectivity index (χ1n) is 10.7. The number of aliphatic hydroxyl groups is 1. The molecule has 0 radical (unpaired) electrons. The maximum Gasteiger partial charge on any atom is 0.270 e. The summed E-state index contributed by atoms with van der Waals surface area (Å²) in [5.41, 5.74) is 10.6. The van der Waals surface area contributed by atoms with Gasteiger partial charge in [-0.1, -0.05) is 0 Å². The van der Waals surface area contributed by atoms with Gasteiger partial charge in [-0.25, -0.2) is 0 Å². The molecule has 0 saturated carbocycles. The highest BCUT2D eigenvalue weighted by Gasteiger charge is 2.30. The predicted octanol–water partition coefficient (Wildman–Crippen LogP) is -1.91. The van der Waals surface area contributed by atoms with Crippen molar-refractivity contribution in [3.8, 4) is 0 Å². The third-order valence-electron chi connectivity index (χ3n) is 5.25. The van der Waals surface area contributed by atoms with E-state index in [0.717, 1.165) is 6.07 Å².